The first-order chi connectivity index (χ1) is 8.15. The fraction of sp³-hybridized carbons (Fsp3) is 0.583. The highest BCUT2D eigenvalue weighted by atomic mass is 16.2. The summed E-state index contributed by atoms with van der Waals surface area (Å²) in [6.45, 7) is 2.63. The summed E-state index contributed by atoms with van der Waals surface area (Å²) in [5.74, 6) is 1.89. The fourth-order valence-corrected chi connectivity index (χ4v) is 1.88. The van der Waals surface area contributed by atoms with Crippen LogP contribution in [0.1, 0.15) is 25.1 Å². The second-order valence-corrected chi connectivity index (χ2v) is 4.60. The van der Waals surface area contributed by atoms with Crippen molar-refractivity contribution in [1.29, 1.82) is 0 Å². The largest absolute Gasteiger partial charge is 0.327 e. The van der Waals surface area contributed by atoms with E-state index in [4.69, 9.17) is 0 Å². The third-order valence-electron chi connectivity index (χ3n) is 3.11. The van der Waals surface area contributed by atoms with Gasteiger partial charge in [0.2, 0.25) is 0 Å². The molecule has 5 heteroatoms. The smallest absolute Gasteiger partial charge is 0.322 e. The number of aryl methyl sites for hydroxylation is 1. The first-order valence-corrected chi connectivity index (χ1v) is 5.97. The predicted octanol–water partition coefficient (Wildman–Crippen LogP) is 2.05. The summed E-state index contributed by atoms with van der Waals surface area (Å²) >= 11 is 0. The van der Waals surface area contributed by atoms with Gasteiger partial charge in [0.15, 0.2) is 0 Å². The molecule has 0 radical (unpaired) electrons. The van der Waals surface area contributed by atoms with Gasteiger partial charge < -0.3 is 4.90 Å². The number of hydrogen-bond acceptors (Lipinski definition) is 3. The van der Waals surface area contributed by atoms with Crippen LogP contribution in [-0.4, -0.2) is 34.5 Å². The van der Waals surface area contributed by atoms with Crippen LogP contribution in [0.3, 0.4) is 0 Å². The summed E-state index contributed by atoms with van der Waals surface area (Å²) in [6.07, 6.45) is 5.42. The zero-order valence-electron chi connectivity index (χ0n) is 10.3. The lowest BCUT2D eigenvalue weighted by Gasteiger charge is -2.30. The summed E-state index contributed by atoms with van der Waals surface area (Å²) < 4.78 is 0. The number of anilines is 1. The number of rotatable bonds is 3. The molecule has 1 heterocycles. The Morgan fingerprint density at radius 1 is 1.59 bits per heavy atom. The first-order valence-electron chi connectivity index (χ1n) is 5.97. The van der Waals surface area contributed by atoms with Gasteiger partial charge in [-0.3, -0.25) is 5.32 Å². The fourth-order valence-electron chi connectivity index (χ4n) is 1.88. The predicted molar refractivity (Wildman–Crippen MR) is 65.8 cm³/mol. The Morgan fingerprint density at radius 2 is 2.35 bits per heavy atom. The molecule has 1 aromatic heterocycles. The molecule has 92 valence electrons. The van der Waals surface area contributed by atoms with E-state index in [-0.39, 0.29) is 6.03 Å². The standard InChI is InChI=1S/C12H18N4O/c1-9-13-7-6-11(14-9)15-12(17)16(2)8-10-4-3-5-10/h6-7,10H,3-5,8H2,1-2H3,(H,13,14,15,17). The zero-order valence-corrected chi connectivity index (χ0v) is 10.3. The molecule has 1 N–H and O–H groups in total. The van der Waals surface area contributed by atoms with Crippen LogP contribution < -0.4 is 5.32 Å². The molecule has 0 bridgehead atoms. The SMILES string of the molecule is Cc1nccc(NC(=O)N(C)CC2CCC2)n1. The molecule has 1 aromatic rings. The average molecular weight is 234 g/mol. The van der Waals surface area contributed by atoms with E-state index in [1.54, 1.807) is 24.1 Å². The first kappa shape index (κ1) is 11.8. The van der Waals surface area contributed by atoms with Crippen molar-refractivity contribution in [2.45, 2.75) is 26.2 Å². The van der Waals surface area contributed by atoms with Crippen molar-refractivity contribution in [3.05, 3.63) is 18.1 Å². The van der Waals surface area contributed by atoms with Crippen LogP contribution >= 0.6 is 0 Å². The second kappa shape index (κ2) is 5.12. The van der Waals surface area contributed by atoms with Crippen LogP contribution in [-0.2, 0) is 0 Å². The average Bonchev–Trinajstić information content (AvgIpc) is 2.23. The molecule has 0 spiro atoms. The molecule has 1 saturated carbocycles. The Hall–Kier alpha value is -1.65. The lowest BCUT2D eigenvalue weighted by Crippen LogP contribution is -2.37. The molecular formula is C12H18N4O. The van der Waals surface area contributed by atoms with Gasteiger partial charge in [-0.1, -0.05) is 6.42 Å². The Labute approximate surface area is 101 Å². The number of hydrogen-bond donors (Lipinski definition) is 1. The number of urea groups is 1. The van der Waals surface area contributed by atoms with E-state index < -0.39 is 0 Å². The number of nitrogens with one attached hydrogen (secondary N) is 1. The molecule has 0 unspecified atom stereocenters. The van der Waals surface area contributed by atoms with Crippen molar-refractivity contribution >= 4 is 11.8 Å². The summed E-state index contributed by atoms with van der Waals surface area (Å²) in [4.78, 5) is 21.7. The molecule has 0 saturated heterocycles. The normalized spacial score (nSPS) is 15.2. The van der Waals surface area contributed by atoms with Gasteiger partial charge in [-0.15, -0.1) is 0 Å². The van der Waals surface area contributed by atoms with Crippen molar-refractivity contribution in [1.82, 2.24) is 14.9 Å². The van der Waals surface area contributed by atoms with E-state index in [0.717, 1.165) is 6.54 Å². The van der Waals surface area contributed by atoms with Gasteiger partial charge in [0, 0.05) is 19.8 Å². The number of carbonyl (C=O) groups excluding carboxylic acids is 1. The lowest BCUT2D eigenvalue weighted by atomic mass is 9.85. The van der Waals surface area contributed by atoms with Gasteiger partial charge in [0.1, 0.15) is 11.6 Å². The molecule has 2 rings (SSSR count). The quantitative estimate of drug-likeness (QED) is 0.870. The van der Waals surface area contributed by atoms with Crippen LogP contribution in [0.5, 0.6) is 0 Å². The lowest BCUT2D eigenvalue weighted by molar-refractivity contribution is 0.194. The molecule has 17 heavy (non-hydrogen) atoms. The highest BCUT2D eigenvalue weighted by Gasteiger charge is 2.21. The van der Waals surface area contributed by atoms with Crippen molar-refractivity contribution in [3.63, 3.8) is 0 Å². The molecule has 1 aliphatic rings. The minimum Gasteiger partial charge on any atom is -0.327 e. The Kier molecular flexibility index (Phi) is 3.56. The minimum atomic E-state index is -0.102. The maximum atomic E-state index is 11.9. The number of nitrogens with zero attached hydrogens (tertiary/aromatic N) is 3. The van der Waals surface area contributed by atoms with Gasteiger partial charge in [-0.25, -0.2) is 14.8 Å². The van der Waals surface area contributed by atoms with Gasteiger partial charge in [-0.05, 0) is 31.7 Å². The van der Waals surface area contributed by atoms with Crippen molar-refractivity contribution < 1.29 is 4.79 Å². The van der Waals surface area contributed by atoms with Crippen molar-refractivity contribution in [2.24, 2.45) is 5.92 Å². The van der Waals surface area contributed by atoms with Crippen molar-refractivity contribution in [2.75, 3.05) is 18.9 Å². The Balaban J connectivity index is 1.87. The number of aromatic nitrogens is 2. The van der Waals surface area contributed by atoms with Crippen LogP contribution in [0.2, 0.25) is 0 Å². The number of carbonyl (C=O) groups is 1. The van der Waals surface area contributed by atoms with Gasteiger partial charge in [0.25, 0.3) is 0 Å². The second-order valence-electron chi connectivity index (χ2n) is 4.60. The molecule has 1 fully saturated rings. The highest BCUT2D eigenvalue weighted by Crippen LogP contribution is 2.26. The maximum absolute atomic E-state index is 11.9. The molecule has 0 aromatic carbocycles. The third-order valence-corrected chi connectivity index (χ3v) is 3.11. The van der Waals surface area contributed by atoms with Crippen LogP contribution in [0, 0.1) is 12.8 Å². The Bertz CT molecular complexity index is 403. The summed E-state index contributed by atoms with van der Waals surface area (Å²) in [6, 6.07) is 1.59. The molecule has 0 aliphatic heterocycles. The van der Waals surface area contributed by atoms with Gasteiger partial charge in [0.05, 0.1) is 0 Å². The molecule has 2 amide bonds. The summed E-state index contributed by atoms with van der Waals surface area (Å²) in [5.41, 5.74) is 0. The highest BCUT2D eigenvalue weighted by molar-refractivity contribution is 5.88. The minimum absolute atomic E-state index is 0.102. The van der Waals surface area contributed by atoms with Crippen LogP contribution in [0.25, 0.3) is 0 Å². The number of amides is 2. The van der Waals surface area contributed by atoms with E-state index in [2.05, 4.69) is 15.3 Å². The molecule has 5 nitrogen and oxygen atoms in total. The topological polar surface area (TPSA) is 58.1 Å². The van der Waals surface area contributed by atoms with Gasteiger partial charge in [-0.2, -0.15) is 0 Å². The van der Waals surface area contributed by atoms with E-state index >= 15 is 0 Å². The van der Waals surface area contributed by atoms with E-state index in [1.165, 1.54) is 19.3 Å². The molecule has 1 aliphatic carbocycles. The van der Waals surface area contributed by atoms with E-state index in [0.29, 0.717) is 17.6 Å². The molecular weight excluding hydrogens is 216 g/mol. The van der Waals surface area contributed by atoms with Crippen molar-refractivity contribution in [3.8, 4) is 0 Å². The van der Waals surface area contributed by atoms with Gasteiger partial charge >= 0.3 is 6.03 Å². The van der Waals surface area contributed by atoms with Crippen LogP contribution in [0.4, 0.5) is 10.6 Å². The van der Waals surface area contributed by atoms with E-state index in [9.17, 15) is 4.79 Å². The maximum Gasteiger partial charge on any atom is 0.322 e. The Morgan fingerprint density at radius 3 is 2.94 bits per heavy atom. The van der Waals surface area contributed by atoms with E-state index in [1.807, 2.05) is 7.05 Å². The van der Waals surface area contributed by atoms with Crippen LogP contribution in [0.15, 0.2) is 12.3 Å². The summed E-state index contributed by atoms with van der Waals surface area (Å²) in [5, 5.41) is 2.77. The monoisotopic (exact) mass is 234 g/mol. The third kappa shape index (κ3) is 3.15. The molecule has 0 atom stereocenters. The summed E-state index contributed by atoms with van der Waals surface area (Å²) in [7, 11) is 1.82. The zero-order chi connectivity index (χ0) is 12.3.